The Bertz CT molecular complexity index is 900. The molecule has 3 rings (SSSR count). The molecule has 5 nitrogen and oxygen atoms in total. The number of nitrogens with zero attached hydrogens (tertiary/aromatic N) is 2. The molecule has 0 saturated carbocycles. The first kappa shape index (κ1) is 18.2. The maximum atomic E-state index is 12.3. The van der Waals surface area contributed by atoms with Gasteiger partial charge in [-0.05, 0) is 42.3 Å². The van der Waals surface area contributed by atoms with Gasteiger partial charge in [0.25, 0.3) is 5.91 Å². The fraction of sp³-hybridized carbons (Fsp3) is 0.105. The molecular weight excluding hydrogens is 371 g/mol. The SMILES string of the molecule is O=C(NCCc1ccc(Cl)cc1)c1ccnc(Nc2ccccc2Cl)n1. The van der Waals surface area contributed by atoms with E-state index >= 15 is 0 Å². The number of aromatic nitrogens is 2. The van der Waals surface area contributed by atoms with E-state index in [1.54, 1.807) is 12.1 Å². The van der Waals surface area contributed by atoms with Gasteiger partial charge in [-0.1, -0.05) is 47.5 Å². The van der Waals surface area contributed by atoms with Crippen LogP contribution in [0.4, 0.5) is 11.6 Å². The molecule has 0 saturated heterocycles. The number of carbonyl (C=O) groups is 1. The van der Waals surface area contributed by atoms with E-state index in [4.69, 9.17) is 23.2 Å². The minimum Gasteiger partial charge on any atom is -0.350 e. The van der Waals surface area contributed by atoms with E-state index < -0.39 is 0 Å². The van der Waals surface area contributed by atoms with Crippen molar-refractivity contribution >= 4 is 40.7 Å². The van der Waals surface area contributed by atoms with Crippen LogP contribution in [0.25, 0.3) is 0 Å². The molecule has 2 N–H and O–H groups in total. The highest BCUT2D eigenvalue weighted by molar-refractivity contribution is 6.33. The number of nitrogens with one attached hydrogen (secondary N) is 2. The van der Waals surface area contributed by atoms with Crippen LogP contribution in [0.5, 0.6) is 0 Å². The summed E-state index contributed by atoms with van der Waals surface area (Å²) in [6, 6.07) is 16.3. The molecule has 1 amide bonds. The lowest BCUT2D eigenvalue weighted by Gasteiger charge is -2.08. The van der Waals surface area contributed by atoms with Gasteiger partial charge in [0.1, 0.15) is 5.69 Å². The quantitative estimate of drug-likeness (QED) is 0.654. The Balaban J connectivity index is 1.59. The van der Waals surface area contributed by atoms with Gasteiger partial charge < -0.3 is 10.6 Å². The second kappa shape index (κ2) is 8.65. The summed E-state index contributed by atoms with van der Waals surface area (Å²) >= 11 is 12.0. The van der Waals surface area contributed by atoms with Gasteiger partial charge >= 0.3 is 0 Å². The zero-order valence-corrected chi connectivity index (χ0v) is 15.3. The molecule has 0 radical (unpaired) electrons. The van der Waals surface area contributed by atoms with Gasteiger partial charge in [-0.2, -0.15) is 0 Å². The van der Waals surface area contributed by atoms with Crippen LogP contribution in [-0.2, 0) is 6.42 Å². The summed E-state index contributed by atoms with van der Waals surface area (Å²) in [6.07, 6.45) is 2.24. The van der Waals surface area contributed by atoms with Crippen LogP contribution in [0.3, 0.4) is 0 Å². The molecule has 0 aliphatic carbocycles. The van der Waals surface area contributed by atoms with E-state index in [1.165, 1.54) is 6.20 Å². The van der Waals surface area contributed by atoms with Crippen molar-refractivity contribution in [2.24, 2.45) is 0 Å². The minimum atomic E-state index is -0.261. The predicted molar refractivity (Wildman–Crippen MR) is 104 cm³/mol. The normalized spacial score (nSPS) is 10.4. The smallest absolute Gasteiger partial charge is 0.270 e. The van der Waals surface area contributed by atoms with Gasteiger partial charge in [0.15, 0.2) is 0 Å². The van der Waals surface area contributed by atoms with Crippen LogP contribution in [-0.4, -0.2) is 22.4 Å². The van der Waals surface area contributed by atoms with Crippen molar-refractivity contribution in [2.45, 2.75) is 6.42 Å². The molecular formula is C19H16Cl2N4O. The minimum absolute atomic E-state index is 0.261. The molecule has 0 atom stereocenters. The van der Waals surface area contributed by atoms with Crippen LogP contribution in [0, 0.1) is 0 Å². The van der Waals surface area contributed by atoms with E-state index in [-0.39, 0.29) is 11.6 Å². The standard InChI is InChI=1S/C19H16Cl2N4O/c20-14-7-5-13(6-8-14)9-11-22-18(26)17-10-12-23-19(25-17)24-16-4-2-1-3-15(16)21/h1-8,10,12H,9,11H2,(H,22,26)(H,23,24,25). The van der Waals surface area contributed by atoms with Gasteiger partial charge in [-0.15, -0.1) is 0 Å². The summed E-state index contributed by atoms with van der Waals surface area (Å²) < 4.78 is 0. The number of hydrogen-bond donors (Lipinski definition) is 2. The Hall–Kier alpha value is -2.63. The van der Waals surface area contributed by atoms with Crippen molar-refractivity contribution in [1.29, 1.82) is 0 Å². The van der Waals surface area contributed by atoms with Crippen molar-refractivity contribution in [1.82, 2.24) is 15.3 Å². The molecule has 0 spiro atoms. The Kier molecular flexibility index (Phi) is 6.04. The molecule has 1 aromatic heterocycles. The average Bonchev–Trinajstić information content (AvgIpc) is 2.65. The van der Waals surface area contributed by atoms with Crippen molar-refractivity contribution < 1.29 is 4.79 Å². The average molecular weight is 387 g/mol. The molecule has 0 aliphatic rings. The van der Waals surface area contributed by atoms with Crippen molar-refractivity contribution in [3.05, 3.63) is 82.1 Å². The largest absolute Gasteiger partial charge is 0.350 e. The number of para-hydroxylation sites is 1. The lowest BCUT2D eigenvalue weighted by molar-refractivity contribution is 0.0949. The molecule has 3 aromatic rings. The summed E-state index contributed by atoms with van der Waals surface area (Å²) in [5, 5.41) is 7.10. The molecule has 0 bridgehead atoms. The molecule has 2 aromatic carbocycles. The molecule has 132 valence electrons. The van der Waals surface area contributed by atoms with Crippen LogP contribution < -0.4 is 10.6 Å². The number of rotatable bonds is 6. The third-order valence-corrected chi connectivity index (χ3v) is 4.20. The highest BCUT2D eigenvalue weighted by Gasteiger charge is 2.09. The maximum Gasteiger partial charge on any atom is 0.270 e. The Labute approximate surface area is 161 Å². The number of hydrogen-bond acceptors (Lipinski definition) is 4. The number of amides is 1. The van der Waals surface area contributed by atoms with E-state index in [2.05, 4.69) is 20.6 Å². The Morgan fingerprint density at radius 3 is 2.54 bits per heavy atom. The fourth-order valence-corrected chi connectivity index (χ4v) is 2.60. The van der Waals surface area contributed by atoms with E-state index in [9.17, 15) is 4.79 Å². The van der Waals surface area contributed by atoms with Crippen LogP contribution in [0.2, 0.25) is 10.0 Å². The first-order chi connectivity index (χ1) is 12.6. The highest BCUT2D eigenvalue weighted by atomic mass is 35.5. The number of halogens is 2. The lowest BCUT2D eigenvalue weighted by atomic mass is 10.1. The number of carbonyl (C=O) groups excluding carboxylic acids is 1. The topological polar surface area (TPSA) is 66.9 Å². The lowest BCUT2D eigenvalue weighted by Crippen LogP contribution is -2.26. The Morgan fingerprint density at radius 2 is 1.77 bits per heavy atom. The summed E-state index contributed by atoms with van der Waals surface area (Å²) in [5.74, 6) is 0.0482. The number of anilines is 2. The summed E-state index contributed by atoms with van der Waals surface area (Å²) in [5.41, 5.74) is 2.05. The second-order valence-electron chi connectivity index (χ2n) is 5.50. The van der Waals surface area contributed by atoms with Crippen LogP contribution in [0.1, 0.15) is 16.1 Å². The summed E-state index contributed by atoms with van der Waals surface area (Å²) in [6.45, 7) is 0.498. The molecule has 0 unspecified atom stereocenters. The van der Waals surface area contributed by atoms with Gasteiger partial charge in [0, 0.05) is 17.8 Å². The van der Waals surface area contributed by atoms with Crippen molar-refractivity contribution in [3.63, 3.8) is 0 Å². The predicted octanol–water partition coefficient (Wildman–Crippen LogP) is 4.50. The Morgan fingerprint density at radius 1 is 1.00 bits per heavy atom. The zero-order valence-electron chi connectivity index (χ0n) is 13.7. The molecule has 26 heavy (non-hydrogen) atoms. The monoisotopic (exact) mass is 386 g/mol. The first-order valence-electron chi connectivity index (χ1n) is 7.99. The first-order valence-corrected chi connectivity index (χ1v) is 8.74. The molecule has 7 heteroatoms. The number of benzene rings is 2. The van der Waals surface area contributed by atoms with E-state index in [0.29, 0.717) is 34.6 Å². The zero-order chi connectivity index (χ0) is 18.4. The molecule has 1 heterocycles. The molecule has 0 fully saturated rings. The van der Waals surface area contributed by atoms with Gasteiger partial charge in [0.05, 0.1) is 10.7 Å². The fourth-order valence-electron chi connectivity index (χ4n) is 2.29. The summed E-state index contributed by atoms with van der Waals surface area (Å²) in [7, 11) is 0. The third kappa shape index (κ3) is 4.94. The maximum absolute atomic E-state index is 12.3. The second-order valence-corrected chi connectivity index (χ2v) is 6.35. The van der Waals surface area contributed by atoms with Crippen LogP contribution >= 0.6 is 23.2 Å². The highest BCUT2D eigenvalue weighted by Crippen LogP contribution is 2.23. The van der Waals surface area contributed by atoms with E-state index in [1.807, 2.05) is 42.5 Å². The van der Waals surface area contributed by atoms with E-state index in [0.717, 1.165) is 5.56 Å². The van der Waals surface area contributed by atoms with Gasteiger partial charge in [-0.25, -0.2) is 9.97 Å². The van der Waals surface area contributed by atoms with Gasteiger partial charge in [0.2, 0.25) is 5.95 Å². The van der Waals surface area contributed by atoms with Crippen LogP contribution in [0.15, 0.2) is 60.8 Å². The van der Waals surface area contributed by atoms with Crippen molar-refractivity contribution in [2.75, 3.05) is 11.9 Å². The van der Waals surface area contributed by atoms with Gasteiger partial charge in [-0.3, -0.25) is 4.79 Å². The summed E-state index contributed by atoms with van der Waals surface area (Å²) in [4.78, 5) is 20.6. The third-order valence-electron chi connectivity index (χ3n) is 3.62. The molecule has 0 aliphatic heterocycles. The van der Waals surface area contributed by atoms with Crippen molar-refractivity contribution in [3.8, 4) is 0 Å².